The average Bonchev–Trinajstić information content (AvgIpc) is 2.76. The normalized spacial score (nSPS) is 12.0. The van der Waals surface area contributed by atoms with Crippen molar-refractivity contribution >= 4 is 19.0 Å². The molecule has 2 aromatic heterocycles. The molecule has 0 fully saturated rings. The highest BCUT2D eigenvalue weighted by molar-refractivity contribution is 6.76. The molecule has 2 heterocycles. The lowest BCUT2D eigenvalue weighted by molar-refractivity contribution is 0.0791. The summed E-state index contributed by atoms with van der Waals surface area (Å²) < 4.78 is 12.7. The zero-order valence-corrected chi connectivity index (χ0v) is 13.0. The second kappa shape index (κ2) is 5.71. The zero-order valence-electron chi connectivity index (χ0n) is 12.0. The maximum atomic E-state index is 5.67. The third-order valence-corrected chi connectivity index (χ3v) is 4.56. The van der Waals surface area contributed by atoms with Gasteiger partial charge in [0.1, 0.15) is 6.73 Å². The van der Waals surface area contributed by atoms with Crippen LogP contribution in [-0.2, 0) is 11.5 Å². The highest BCUT2D eigenvalue weighted by Crippen LogP contribution is 2.21. The predicted molar refractivity (Wildman–Crippen MR) is 78.2 cm³/mol. The summed E-state index contributed by atoms with van der Waals surface area (Å²) in [7, 11) is 0.588. The Morgan fingerprint density at radius 1 is 1.32 bits per heavy atom. The van der Waals surface area contributed by atoms with Crippen molar-refractivity contribution in [2.45, 2.75) is 32.4 Å². The second-order valence-electron chi connectivity index (χ2n) is 5.77. The van der Waals surface area contributed by atoms with Crippen LogP contribution in [0.15, 0.2) is 18.5 Å². The number of hydrogen-bond acceptors (Lipinski definition) is 4. The third-order valence-electron chi connectivity index (χ3n) is 2.86. The lowest BCUT2D eigenvalue weighted by atomic mass is 10.3. The van der Waals surface area contributed by atoms with Gasteiger partial charge in [0.15, 0.2) is 0 Å². The molecule has 2 aromatic rings. The van der Waals surface area contributed by atoms with Crippen molar-refractivity contribution in [3.8, 4) is 5.88 Å². The van der Waals surface area contributed by atoms with E-state index in [1.807, 2.05) is 12.3 Å². The van der Waals surface area contributed by atoms with Gasteiger partial charge >= 0.3 is 0 Å². The smallest absolute Gasteiger partial charge is 0.224 e. The first kappa shape index (κ1) is 14.0. The fourth-order valence-corrected chi connectivity index (χ4v) is 2.49. The van der Waals surface area contributed by atoms with Crippen molar-refractivity contribution in [1.29, 1.82) is 0 Å². The Hall–Kier alpha value is -1.40. The molecule has 0 saturated heterocycles. The van der Waals surface area contributed by atoms with Crippen LogP contribution >= 0.6 is 0 Å². The molecule has 0 amide bonds. The highest BCUT2D eigenvalue weighted by Gasteiger charge is 2.12. The van der Waals surface area contributed by atoms with Crippen molar-refractivity contribution < 1.29 is 9.47 Å². The molecule has 0 unspecified atom stereocenters. The summed E-state index contributed by atoms with van der Waals surface area (Å²) in [6, 6.07) is 3.04. The van der Waals surface area contributed by atoms with E-state index in [1.54, 1.807) is 18.0 Å². The molecule has 19 heavy (non-hydrogen) atoms. The molecule has 0 spiro atoms. The molecule has 0 aliphatic heterocycles. The number of hydrogen-bond donors (Lipinski definition) is 0. The predicted octanol–water partition coefficient (Wildman–Crippen LogP) is 2.75. The van der Waals surface area contributed by atoms with E-state index in [-0.39, 0.29) is 0 Å². The van der Waals surface area contributed by atoms with Gasteiger partial charge in [-0.1, -0.05) is 19.6 Å². The summed E-state index contributed by atoms with van der Waals surface area (Å²) in [6.07, 6.45) is 3.61. The lowest BCUT2D eigenvalue weighted by Gasteiger charge is -2.15. The van der Waals surface area contributed by atoms with Crippen LogP contribution in [0.1, 0.15) is 0 Å². The Kier molecular flexibility index (Phi) is 4.21. The van der Waals surface area contributed by atoms with Crippen molar-refractivity contribution in [1.82, 2.24) is 14.8 Å². The Morgan fingerprint density at radius 3 is 2.79 bits per heavy atom. The first-order valence-electron chi connectivity index (χ1n) is 6.43. The second-order valence-corrected chi connectivity index (χ2v) is 11.4. The van der Waals surface area contributed by atoms with E-state index in [9.17, 15) is 0 Å². The largest absolute Gasteiger partial charge is 0.480 e. The number of ether oxygens (including phenoxy) is 2. The first-order chi connectivity index (χ1) is 8.99. The summed E-state index contributed by atoms with van der Waals surface area (Å²) in [4.78, 5) is 4.16. The van der Waals surface area contributed by atoms with Gasteiger partial charge in [0.05, 0.1) is 18.0 Å². The van der Waals surface area contributed by atoms with Crippen LogP contribution in [0.4, 0.5) is 0 Å². The van der Waals surface area contributed by atoms with E-state index >= 15 is 0 Å². The number of methoxy groups -OCH3 is 1. The minimum Gasteiger partial charge on any atom is -0.480 e. The lowest BCUT2D eigenvalue weighted by Crippen LogP contribution is -2.22. The summed E-state index contributed by atoms with van der Waals surface area (Å²) in [5.41, 5.74) is 0.876. The van der Waals surface area contributed by atoms with Gasteiger partial charge in [0, 0.05) is 27.1 Å². The summed E-state index contributed by atoms with van der Waals surface area (Å²) in [5.74, 6) is 0.603. The van der Waals surface area contributed by atoms with Gasteiger partial charge in [-0.3, -0.25) is 0 Å². The van der Waals surface area contributed by atoms with Gasteiger partial charge < -0.3 is 9.47 Å². The minimum atomic E-state index is -1.03. The molecular formula is C13H21N3O2Si. The van der Waals surface area contributed by atoms with Crippen molar-refractivity contribution in [2.75, 3.05) is 13.7 Å². The van der Waals surface area contributed by atoms with Gasteiger partial charge in [0.25, 0.3) is 0 Å². The summed E-state index contributed by atoms with van der Waals surface area (Å²) >= 11 is 0. The molecule has 2 rings (SSSR count). The van der Waals surface area contributed by atoms with Crippen LogP contribution in [0.2, 0.25) is 25.7 Å². The maximum absolute atomic E-state index is 5.67. The maximum Gasteiger partial charge on any atom is 0.224 e. The fourth-order valence-electron chi connectivity index (χ4n) is 1.73. The van der Waals surface area contributed by atoms with Gasteiger partial charge in [-0.15, -0.1) is 0 Å². The van der Waals surface area contributed by atoms with Gasteiger partial charge in [-0.05, 0) is 12.1 Å². The van der Waals surface area contributed by atoms with E-state index in [0.717, 1.165) is 17.5 Å². The summed E-state index contributed by atoms with van der Waals surface area (Å²) in [5, 5.41) is 5.35. The molecule has 0 radical (unpaired) electrons. The van der Waals surface area contributed by atoms with Crippen LogP contribution in [-0.4, -0.2) is 36.6 Å². The standard InChI is InChI=1S/C13H21N3O2Si/c1-17-13-11-9-16(15-12(11)5-6-14-13)10-18-7-8-19(2,3)4/h5-6,9H,7-8,10H2,1-4H3. The van der Waals surface area contributed by atoms with Crippen LogP contribution < -0.4 is 4.74 Å². The van der Waals surface area contributed by atoms with Crippen LogP contribution in [0.5, 0.6) is 5.88 Å². The molecular weight excluding hydrogens is 258 g/mol. The molecule has 0 N–H and O–H groups in total. The third kappa shape index (κ3) is 3.78. The molecule has 0 bridgehead atoms. The molecule has 6 heteroatoms. The van der Waals surface area contributed by atoms with E-state index in [2.05, 4.69) is 29.7 Å². The molecule has 0 aromatic carbocycles. The molecule has 5 nitrogen and oxygen atoms in total. The molecule has 0 aliphatic carbocycles. The van der Waals surface area contributed by atoms with Crippen molar-refractivity contribution in [3.05, 3.63) is 18.5 Å². The SMILES string of the molecule is COc1nccc2nn(COCC[Si](C)(C)C)cc12. The summed E-state index contributed by atoms with van der Waals surface area (Å²) in [6.45, 7) is 8.29. The van der Waals surface area contributed by atoms with Gasteiger partial charge in [-0.2, -0.15) is 5.10 Å². The fraction of sp³-hybridized carbons (Fsp3) is 0.538. The number of pyridine rings is 1. The highest BCUT2D eigenvalue weighted by atomic mass is 28.3. The molecule has 104 valence electrons. The number of nitrogens with zero attached hydrogens (tertiary/aromatic N) is 3. The number of aromatic nitrogens is 3. The quantitative estimate of drug-likeness (QED) is 0.602. The monoisotopic (exact) mass is 279 g/mol. The van der Waals surface area contributed by atoms with Crippen LogP contribution in [0, 0.1) is 0 Å². The Balaban J connectivity index is 1.98. The van der Waals surface area contributed by atoms with Crippen LogP contribution in [0.3, 0.4) is 0 Å². The van der Waals surface area contributed by atoms with E-state index in [4.69, 9.17) is 9.47 Å². The van der Waals surface area contributed by atoms with Crippen molar-refractivity contribution in [2.24, 2.45) is 0 Å². The Labute approximate surface area is 114 Å². The Morgan fingerprint density at radius 2 is 2.11 bits per heavy atom. The van der Waals surface area contributed by atoms with E-state index in [1.165, 1.54) is 6.04 Å². The van der Waals surface area contributed by atoms with Gasteiger partial charge in [-0.25, -0.2) is 9.67 Å². The van der Waals surface area contributed by atoms with Crippen LogP contribution in [0.25, 0.3) is 10.9 Å². The number of fused-ring (bicyclic) bond motifs is 1. The van der Waals surface area contributed by atoms with E-state index in [0.29, 0.717) is 12.6 Å². The zero-order chi connectivity index (χ0) is 13.9. The topological polar surface area (TPSA) is 49.2 Å². The minimum absolute atomic E-state index is 0.475. The van der Waals surface area contributed by atoms with Crippen molar-refractivity contribution in [3.63, 3.8) is 0 Å². The average molecular weight is 279 g/mol. The molecule has 0 saturated carbocycles. The van der Waals surface area contributed by atoms with E-state index < -0.39 is 8.07 Å². The first-order valence-corrected chi connectivity index (χ1v) is 10.1. The van der Waals surface area contributed by atoms with Gasteiger partial charge in [0.2, 0.25) is 5.88 Å². The Bertz CT molecular complexity index is 548. The molecule has 0 atom stereocenters. The molecule has 0 aliphatic rings. The number of rotatable bonds is 6.